The van der Waals surface area contributed by atoms with Crippen molar-refractivity contribution in [1.29, 1.82) is 0 Å². The molecule has 0 heterocycles. The van der Waals surface area contributed by atoms with Gasteiger partial charge in [0, 0.05) is 10.6 Å². The van der Waals surface area contributed by atoms with E-state index in [4.69, 9.17) is 0 Å². The van der Waals surface area contributed by atoms with Crippen molar-refractivity contribution in [3.8, 4) is 0 Å². The average molecular weight is 409 g/mol. The van der Waals surface area contributed by atoms with Gasteiger partial charge in [-0.2, -0.15) is 0 Å². The van der Waals surface area contributed by atoms with Crippen molar-refractivity contribution in [3.63, 3.8) is 0 Å². The summed E-state index contributed by atoms with van der Waals surface area (Å²) in [6.45, 7) is 1.87. The third-order valence-corrected chi connectivity index (χ3v) is 4.95. The van der Waals surface area contributed by atoms with Gasteiger partial charge in [0.2, 0.25) is 5.91 Å². The largest absolute Gasteiger partial charge is 0.386 e. The van der Waals surface area contributed by atoms with Crippen molar-refractivity contribution >= 4 is 28.5 Å². The van der Waals surface area contributed by atoms with E-state index in [1.54, 1.807) is 11.9 Å². The predicted molar refractivity (Wildman–Crippen MR) is 96.5 cm³/mol. The van der Waals surface area contributed by atoms with Crippen molar-refractivity contribution in [2.75, 3.05) is 7.05 Å². The monoisotopic (exact) mass is 409 g/mol. The van der Waals surface area contributed by atoms with Crippen LogP contribution in [0.1, 0.15) is 24.2 Å². The highest BCUT2D eigenvalue weighted by molar-refractivity contribution is 14.1. The van der Waals surface area contributed by atoms with Crippen molar-refractivity contribution < 1.29 is 9.90 Å². The molecule has 0 bridgehead atoms. The number of hydrogen-bond acceptors (Lipinski definition) is 2. The molecule has 1 amide bonds. The van der Waals surface area contributed by atoms with E-state index in [2.05, 4.69) is 22.6 Å². The highest BCUT2D eigenvalue weighted by Gasteiger charge is 2.24. The van der Waals surface area contributed by atoms with E-state index in [1.165, 1.54) is 0 Å². The van der Waals surface area contributed by atoms with Gasteiger partial charge in [-0.3, -0.25) is 4.79 Å². The molecule has 0 saturated heterocycles. The van der Waals surface area contributed by atoms with Crippen LogP contribution in [0.3, 0.4) is 0 Å². The van der Waals surface area contributed by atoms with Crippen LogP contribution >= 0.6 is 22.6 Å². The molecule has 0 saturated carbocycles. The van der Waals surface area contributed by atoms with Crippen LogP contribution in [0.25, 0.3) is 0 Å². The number of amides is 1. The number of carbonyl (C=O) groups is 1. The van der Waals surface area contributed by atoms with Gasteiger partial charge in [0.25, 0.3) is 0 Å². The minimum atomic E-state index is -0.690. The van der Waals surface area contributed by atoms with Gasteiger partial charge in [0.15, 0.2) is 0 Å². The molecule has 22 heavy (non-hydrogen) atoms. The summed E-state index contributed by atoms with van der Waals surface area (Å²) in [5, 5.41) is 10.4. The van der Waals surface area contributed by atoms with Crippen molar-refractivity contribution in [3.05, 3.63) is 69.3 Å². The molecule has 0 radical (unpaired) electrons. The first-order chi connectivity index (χ1) is 10.5. The number of hydrogen-bond donors (Lipinski definition) is 1. The van der Waals surface area contributed by atoms with E-state index in [0.29, 0.717) is 6.42 Å². The lowest BCUT2D eigenvalue weighted by Gasteiger charge is -2.29. The molecule has 0 aliphatic rings. The molecule has 0 aliphatic carbocycles. The second-order valence-electron chi connectivity index (χ2n) is 5.37. The van der Waals surface area contributed by atoms with E-state index in [-0.39, 0.29) is 11.9 Å². The van der Waals surface area contributed by atoms with Gasteiger partial charge in [-0.05, 0) is 46.7 Å². The molecular formula is C18H20INO2. The highest BCUT2D eigenvalue weighted by Crippen LogP contribution is 2.21. The summed E-state index contributed by atoms with van der Waals surface area (Å²) in [6, 6.07) is 17.0. The Morgan fingerprint density at radius 3 is 2.36 bits per heavy atom. The first-order valence-corrected chi connectivity index (χ1v) is 8.30. The van der Waals surface area contributed by atoms with E-state index in [1.807, 2.05) is 61.5 Å². The molecule has 0 spiro atoms. The molecule has 3 nitrogen and oxygen atoms in total. The number of halogens is 1. The minimum absolute atomic E-state index is 0.00611. The summed E-state index contributed by atoms with van der Waals surface area (Å²) in [7, 11) is 1.75. The molecule has 0 aliphatic heterocycles. The zero-order valence-electron chi connectivity index (χ0n) is 12.7. The Kier molecular flexibility index (Phi) is 5.97. The topological polar surface area (TPSA) is 40.5 Å². The molecule has 2 aromatic rings. The molecule has 0 fully saturated rings. The Morgan fingerprint density at radius 2 is 1.73 bits per heavy atom. The summed E-state index contributed by atoms with van der Waals surface area (Å²) >= 11 is 2.24. The van der Waals surface area contributed by atoms with Gasteiger partial charge in [0.1, 0.15) is 0 Å². The second kappa shape index (κ2) is 7.74. The Hall–Kier alpha value is -1.40. The zero-order chi connectivity index (χ0) is 16.1. The molecule has 0 aromatic heterocycles. The molecule has 4 heteroatoms. The smallest absolute Gasteiger partial charge is 0.227 e. The average Bonchev–Trinajstić information content (AvgIpc) is 2.55. The van der Waals surface area contributed by atoms with E-state index in [0.717, 1.165) is 14.7 Å². The standard InChI is InChI=1S/C18H20INO2/c1-13(18(22)14-8-4-3-5-9-14)20(2)17(21)12-15-10-6-7-11-16(15)19/h3-11,13,18,22H,12H2,1-2H3/t13-,18+/m0/s1. The minimum Gasteiger partial charge on any atom is -0.386 e. The highest BCUT2D eigenvalue weighted by atomic mass is 127. The summed E-state index contributed by atoms with van der Waals surface area (Å²) in [5.74, 6) is 0.00611. The van der Waals surface area contributed by atoms with Crippen molar-refractivity contribution in [2.24, 2.45) is 0 Å². The van der Waals surface area contributed by atoms with Gasteiger partial charge >= 0.3 is 0 Å². The molecular weight excluding hydrogens is 389 g/mol. The number of carbonyl (C=O) groups excluding carboxylic acids is 1. The molecule has 2 atom stereocenters. The maximum Gasteiger partial charge on any atom is 0.227 e. The number of rotatable bonds is 5. The third kappa shape index (κ3) is 4.08. The van der Waals surface area contributed by atoms with Crippen molar-refractivity contribution in [2.45, 2.75) is 25.5 Å². The van der Waals surface area contributed by atoms with Crippen LogP contribution in [0, 0.1) is 3.57 Å². The number of benzene rings is 2. The predicted octanol–water partition coefficient (Wildman–Crippen LogP) is 3.41. The molecule has 1 N–H and O–H groups in total. The van der Waals surface area contributed by atoms with Crippen LogP contribution in [0.2, 0.25) is 0 Å². The lowest BCUT2D eigenvalue weighted by Crippen LogP contribution is -2.40. The molecule has 2 aromatic carbocycles. The van der Waals surface area contributed by atoms with Crippen LogP contribution in [0.15, 0.2) is 54.6 Å². The lowest BCUT2D eigenvalue weighted by molar-refractivity contribution is -0.133. The summed E-state index contributed by atoms with van der Waals surface area (Å²) < 4.78 is 1.08. The third-order valence-electron chi connectivity index (χ3n) is 3.90. The van der Waals surface area contributed by atoms with Crippen LogP contribution in [0.4, 0.5) is 0 Å². The van der Waals surface area contributed by atoms with Gasteiger partial charge in [-0.1, -0.05) is 48.5 Å². The van der Waals surface area contributed by atoms with Gasteiger partial charge in [-0.25, -0.2) is 0 Å². The van der Waals surface area contributed by atoms with Crippen molar-refractivity contribution in [1.82, 2.24) is 4.90 Å². The zero-order valence-corrected chi connectivity index (χ0v) is 14.9. The first-order valence-electron chi connectivity index (χ1n) is 7.22. The Labute approximate surface area is 145 Å². The maximum atomic E-state index is 12.5. The molecule has 116 valence electrons. The summed E-state index contributed by atoms with van der Waals surface area (Å²) in [6.07, 6.45) is -0.341. The van der Waals surface area contributed by atoms with Crippen LogP contribution < -0.4 is 0 Å². The summed E-state index contributed by atoms with van der Waals surface area (Å²) in [4.78, 5) is 14.1. The quantitative estimate of drug-likeness (QED) is 0.770. The SMILES string of the molecule is C[C@@H]([C@@H](O)c1ccccc1)N(C)C(=O)Cc1ccccc1I. The van der Waals surface area contributed by atoms with E-state index >= 15 is 0 Å². The number of aliphatic hydroxyl groups excluding tert-OH is 1. The molecule has 2 rings (SSSR count). The fraction of sp³-hybridized carbons (Fsp3) is 0.278. The van der Waals surface area contributed by atoms with E-state index in [9.17, 15) is 9.90 Å². The molecule has 0 unspecified atom stereocenters. The first kappa shape index (κ1) is 17.0. The fourth-order valence-corrected chi connectivity index (χ4v) is 2.88. The Bertz CT molecular complexity index is 630. The Morgan fingerprint density at radius 1 is 1.14 bits per heavy atom. The van der Waals surface area contributed by atoms with Gasteiger partial charge in [-0.15, -0.1) is 0 Å². The van der Waals surface area contributed by atoms with Gasteiger partial charge < -0.3 is 10.0 Å². The van der Waals surface area contributed by atoms with Crippen LogP contribution in [-0.4, -0.2) is 29.0 Å². The second-order valence-corrected chi connectivity index (χ2v) is 6.53. The maximum absolute atomic E-state index is 12.5. The normalized spacial score (nSPS) is 13.5. The Balaban J connectivity index is 2.05. The van der Waals surface area contributed by atoms with E-state index < -0.39 is 6.10 Å². The number of nitrogens with zero attached hydrogens (tertiary/aromatic N) is 1. The van der Waals surface area contributed by atoms with Crippen LogP contribution in [0.5, 0.6) is 0 Å². The van der Waals surface area contributed by atoms with Crippen LogP contribution in [-0.2, 0) is 11.2 Å². The lowest BCUT2D eigenvalue weighted by atomic mass is 10.0. The fourth-order valence-electron chi connectivity index (χ4n) is 2.30. The number of aliphatic hydroxyl groups is 1. The summed E-state index contributed by atoms with van der Waals surface area (Å²) in [5.41, 5.74) is 1.84. The number of likely N-dealkylation sites (N-methyl/N-ethyl adjacent to an activating group) is 1. The van der Waals surface area contributed by atoms with Gasteiger partial charge in [0.05, 0.1) is 18.6 Å².